The predicted molar refractivity (Wildman–Crippen MR) is 63.0 cm³/mol. The molecule has 2 rings (SSSR count). The van der Waals surface area contributed by atoms with Crippen LogP contribution >= 0.6 is 0 Å². The molecule has 0 saturated heterocycles. The van der Waals surface area contributed by atoms with Crippen molar-refractivity contribution in [3.8, 4) is 5.75 Å². The van der Waals surface area contributed by atoms with E-state index in [1.165, 1.54) is 13.2 Å². The number of carbonyl (C=O) groups is 1. The number of fused-ring (bicyclic) bond motifs is 1. The summed E-state index contributed by atoms with van der Waals surface area (Å²) < 4.78 is 10.1. The maximum atomic E-state index is 11.6. The van der Waals surface area contributed by atoms with Gasteiger partial charge in [0.15, 0.2) is 5.75 Å². The number of hydrogen-bond donors (Lipinski definition) is 1. The van der Waals surface area contributed by atoms with E-state index in [0.717, 1.165) is 12.5 Å². The minimum atomic E-state index is -0.654. The van der Waals surface area contributed by atoms with Crippen molar-refractivity contribution in [3.63, 3.8) is 0 Å². The van der Waals surface area contributed by atoms with E-state index in [-0.39, 0.29) is 11.3 Å². The van der Waals surface area contributed by atoms with Crippen molar-refractivity contribution >= 4 is 17.3 Å². The van der Waals surface area contributed by atoms with Crippen molar-refractivity contribution in [1.82, 2.24) is 0 Å². The topological polar surface area (TPSA) is 90.7 Å². The summed E-state index contributed by atoms with van der Waals surface area (Å²) in [5.74, 6) is -0.344. The second kappa shape index (κ2) is 4.91. The van der Waals surface area contributed by atoms with Crippen molar-refractivity contribution < 1.29 is 19.2 Å². The lowest BCUT2D eigenvalue weighted by molar-refractivity contribution is -0.384. The van der Waals surface area contributed by atoms with E-state index in [4.69, 9.17) is 4.74 Å². The highest BCUT2D eigenvalue weighted by Crippen LogP contribution is 2.35. The van der Waals surface area contributed by atoms with E-state index in [1.807, 2.05) is 0 Å². The maximum absolute atomic E-state index is 11.6. The molecule has 7 nitrogen and oxygen atoms in total. The van der Waals surface area contributed by atoms with E-state index in [1.54, 1.807) is 0 Å². The Morgan fingerprint density at radius 2 is 2.33 bits per heavy atom. The number of esters is 1. The van der Waals surface area contributed by atoms with Gasteiger partial charge in [0.25, 0.3) is 5.69 Å². The average Bonchev–Trinajstić information content (AvgIpc) is 2.61. The molecular formula is C11H12N2O5. The summed E-state index contributed by atoms with van der Waals surface area (Å²) in [5, 5.41) is 13.8. The van der Waals surface area contributed by atoms with Crippen LogP contribution in [-0.2, 0) is 4.74 Å². The summed E-state index contributed by atoms with van der Waals surface area (Å²) in [6.07, 6.45) is 0.753. The zero-order valence-corrected chi connectivity index (χ0v) is 9.76. The van der Waals surface area contributed by atoms with Gasteiger partial charge in [0.1, 0.15) is 5.56 Å². The molecule has 0 bridgehead atoms. The molecule has 96 valence electrons. The molecule has 0 aromatic heterocycles. The number of carbonyl (C=O) groups excluding carboxylic acids is 1. The first-order valence-electron chi connectivity index (χ1n) is 5.41. The van der Waals surface area contributed by atoms with E-state index in [9.17, 15) is 14.9 Å². The second-order valence-electron chi connectivity index (χ2n) is 3.75. The average molecular weight is 252 g/mol. The van der Waals surface area contributed by atoms with Crippen LogP contribution in [-0.4, -0.2) is 31.2 Å². The fourth-order valence-electron chi connectivity index (χ4n) is 1.74. The number of ether oxygens (including phenoxy) is 2. The van der Waals surface area contributed by atoms with Crippen LogP contribution in [0.25, 0.3) is 0 Å². The van der Waals surface area contributed by atoms with Gasteiger partial charge in [-0.15, -0.1) is 0 Å². The quantitative estimate of drug-likeness (QED) is 0.488. The van der Waals surface area contributed by atoms with Gasteiger partial charge in [-0.05, 0) is 6.42 Å². The first kappa shape index (κ1) is 12.2. The summed E-state index contributed by atoms with van der Waals surface area (Å²) in [6.45, 7) is 1.08. The molecule has 1 aliphatic rings. The van der Waals surface area contributed by atoms with Gasteiger partial charge in [-0.25, -0.2) is 4.79 Å². The highest BCUT2D eigenvalue weighted by molar-refractivity contribution is 5.96. The number of nitro benzene ring substituents is 1. The molecular weight excluding hydrogens is 240 g/mol. The zero-order valence-electron chi connectivity index (χ0n) is 9.76. The van der Waals surface area contributed by atoms with Gasteiger partial charge < -0.3 is 14.8 Å². The number of benzene rings is 1. The summed E-state index contributed by atoms with van der Waals surface area (Å²) in [7, 11) is 1.22. The zero-order chi connectivity index (χ0) is 13.1. The minimum absolute atomic E-state index is 0.0658. The number of nitro groups is 1. The summed E-state index contributed by atoms with van der Waals surface area (Å²) >= 11 is 0. The second-order valence-corrected chi connectivity index (χ2v) is 3.75. The molecule has 0 amide bonds. The Balaban J connectivity index is 2.57. The van der Waals surface area contributed by atoms with Crippen molar-refractivity contribution in [2.45, 2.75) is 6.42 Å². The van der Waals surface area contributed by atoms with E-state index < -0.39 is 10.9 Å². The van der Waals surface area contributed by atoms with Gasteiger partial charge in [-0.3, -0.25) is 10.1 Å². The maximum Gasteiger partial charge on any atom is 0.341 e. The van der Waals surface area contributed by atoms with Crippen molar-refractivity contribution in [2.24, 2.45) is 0 Å². The van der Waals surface area contributed by atoms with Gasteiger partial charge in [-0.2, -0.15) is 0 Å². The first-order chi connectivity index (χ1) is 8.63. The third kappa shape index (κ3) is 2.20. The third-order valence-electron chi connectivity index (χ3n) is 2.57. The standard InChI is InChI=1S/C11H12N2O5/c1-17-11(14)8-5-7(13(15)16)6-9-10(8)18-4-2-3-12-9/h5-6,12H,2-4H2,1H3. The summed E-state index contributed by atoms with van der Waals surface area (Å²) in [5.41, 5.74) is 0.338. The molecule has 1 heterocycles. The fourth-order valence-corrected chi connectivity index (χ4v) is 1.74. The normalized spacial score (nSPS) is 13.6. The van der Waals surface area contributed by atoms with Crippen molar-refractivity contribution in [2.75, 3.05) is 25.6 Å². The molecule has 0 fully saturated rings. The highest BCUT2D eigenvalue weighted by Gasteiger charge is 2.24. The molecule has 0 saturated carbocycles. The van der Waals surface area contributed by atoms with Crippen LogP contribution in [0, 0.1) is 10.1 Å². The van der Waals surface area contributed by atoms with Crippen LogP contribution in [0.15, 0.2) is 12.1 Å². The van der Waals surface area contributed by atoms with Gasteiger partial charge >= 0.3 is 5.97 Å². The number of hydrogen-bond acceptors (Lipinski definition) is 6. The van der Waals surface area contributed by atoms with Crippen LogP contribution < -0.4 is 10.1 Å². The number of nitrogens with zero attached hydrogens (tertiary/aromatic N) is 1. The Kier molecular flexibility index (Phi) is 3.31. The van der Waals surface area contributed by atoms with E-state index >= 15 is 0 Å². The molecule has 1 aliphatic heterocycles. The Labute approximate surface area is 103 Å². The Morgan fingerprint density at radius 1 is 1.56 bits per heavy atom. The first-order valence-corrected chi connectivity index (χ1v) is 5.41. The fraction of sp³-hybridized carbons (Fsp3) is 0.364. The Hall–Kier alpha value is -2.31. The molecule has 0 unspecified atom stereocenters. The number of non-ortho nitro benzene ring substituents is 1. The smallest absolute Gasteiger partial charge is 0.341 e. The van der Waals surface area contributed by atoms with Gasteiger partial charge in [0.05, 0.1) is 24.3 Å². The monoisotopic (exact) mass is 252 g/mol. The molecule has 18 heavy (non-hydrogen) atoms. The molecule has 0 radical (unpaired) electrons. The molecule has 0 atom stereocenters. The van der Waals surface area contributed by atoms with Crippen LogP contribution in [0.5, 0.6) is 5.75 Å². The molecule has 0 aliphatic carbocycles. The van der Waals surface area contributed by atoms with Gasteiger partial charge in [0.2, 0.25) is 0 Å². The lowest BCUT2D eigenvalue weighted by Crippen LogP contribution is -2.07. The van der Waals surface area contributed by atoms with E-state index in [0.29, 0.717) is 24.6 Å². The Morgan fingerprint density at radius 3 is 3.00 bits per heavy atom. The minimum Gasteiger partial charge on any atom is -0.490 e. The summed E-state index contributed by atoms with van der Waals surface area (Å²) in [4.78, 5) is 21.9. The van der Waals surface area contributed by atoms with Crippen LogP contribution in [0.4, 0.5) is 11.4 Å². The number of nitrogens with one attached hydrogen (secondary N) is 1. The number of anilines is 1. The molecule has 1 N–H and O–H groups in total. The third-order valence-corrected chi connectivity index (χ3v) is 2.57. The van der Waals surface area contributed by atoms with Crippen molar-refractivity contribution in [3.05, 3.63) is 27.8 Å². The van der Waals surface area contributed by atoms with Gasteiger partial charge in [0, 0.05) is 18.7 Å². The Bertz CT molecular complexity index is 500. The van der Waals surface area contributed by atoms with E-state index in [2.05, 4.69) is 10.1 Å². The largest absolute Gasteiger partial charge is 0.490 e. The number of methoxy groups -OCH3 is 1. The van der Waals surface area contributed by atoms with Gasteiger partial charge in [-0.1, -0.05) is 0 Å². The molecule has 1 aromatic carbocycles. The van der Waals surface area contributed by atoms with Crippen LogP contribution in [0.3, 0.4) is 0 Å². The predicted octanol–water partition coefficient (Wildman–Crippen LogP) is 1.58. The van der Waals surface area contributed by atoms with Crippen LogP contribution in [0.1, 0.15) is 16.8 Å². The number of rotatable bonds is 2. The van der Waals surface area contributed by atoms with Crippen LogP contribution in [0.2, 0.25) is 0 Å². The lowest BCUT2D eigenvalue weighted by atomic mass is 10.1. The molecule has 7 heteroatoms. The SMILES string of the molecule is COC(=O)c1cc([N+](=O)[O-])cc2c1OCCCN2. The summed E-state index contributed by atoms with van der Waals surface area (Å²) in [6, 6.07) is 2.52. The lowest BCUT2D eigenvalue weighted by Gasteiger charge is -2.11. The van der Waals surface area contributed by atoms with Crippen molar-refractivity contribution in [1.29, 1.82) is 0 Å². The molecule has 0 spiro atoms. The highest BCUT2D eigenvalue weighted by atomic mass is 16.6. The molecule has 1 aromatic rings.